The second-order valence-corrected chi connectivity index (χ2v) is 6.65. The van der Waals surface area contributed by atoms with Crippen LogP contribution in [0.25, 0.3) is 21.6 Å². The Bertz CT molecular complexity index is 866. The smallest absolute Gasteiger partial charge is 0.107 e. The van der Waals surface area contributed by atoms with E-state index in [2.05, 4.69) is 32.8 Å². The molecule has 4 aromatic rings. The maximum absolute atomic E-state index is 4.27. The second-order valence-electron chi connectivity index (χ2n) is 4.83. The van der Waals surface area contributed by atoms with Gasteiger partial charge < -0.3 is 0 Å². The monoisotopic (exact) mass is 325 g/mol. The molecule has 110 valence electrons. The van der Waals surface area contributed by atoms with Gasteiger partial charge in [-0.1, -0.05) is 18.2 Å². The lowest BCUT2D eigenvalue weighted by Gasteiger charge is -1.92. The minimum Gasteiger partial charge on any atom is -0.255 e. The predicted molar refractivity (Wildman–Crippen MR) is 94.4 cm³/mol. The third-order valence-corrected chi connectivity index (χ3v) is 4.71. The summed E-state index contributed by atoms with van der Waals surface area (Å²) in [6.07, 6.45) is 1.82. The van der Waals surface area contributed by atoms with Crippen LogP contribution in [0.3, 0.4) is 0 Å². The van der Waals surface area contributed by atoms with Gasteiger partial charge >= 0.3 is 0 Å². The Balaban J connectivity index is 0.000000133. The summed E-state index contributed by atoms with van der Waals surface area (Å²) in [6.45, 7) is 4.15. The van der Waals surface area contributed by atoms with Gasteiger partial charge in [-0.2, -0.15) is 8.75 Å². The van der Waals surface area contributed by atoms with Crippen LogP contribution in [0.15, 0.2) is 54.7 Å². The van der Waals surface area contributed by atoms with E-state index in [-0.39, 0.29) is 0 Å². The highest BCUT2D eigenvalue weighted by Crippen LogP contribution is 2.25. The first-order valence-corrected chi connectivity index (χ1v) is 8.44. The van der Waals surface area contributed by atoms with E-state index in [1.807, 2.05) is 49.5 Å². The van der Waals surface area contributed by atoms with Crippen LogP contribution in [0.5, 0.6) is 0 Å². The minimum atomic E-state index is 1.00. The molecule has 0 amide bonds. The Morgan fingerprint density at radius 2 is 1.77 bits per heavy atom. The molecule has 0 aliphatic carbocycles. The zero-order valence-corrected chi connectivity index (χ0v) is 14.0. The number of nitrogens with zero attached hydrogens (tertiary/aromatic N) is 3. The number of aryl methyl sites for hydroxylation is 2. The van der Waals surface area contributed by atoms with E-state index < -0.39 is 0 Å². The molecule has 1 aromatic carbocycles. The number of hydrogen-bond donors (Lipinski definition) is 0. The molecule has 3 aromatic heterocycles. The molecule has 0 radical (unpaired) electrons. The molecule has 0 unspecified atom stereocenters. The van der Waals surface area contributed by atoms with Gasteiger partial charge in [0.1, 0.15) is 11.0 Å². The van der Waals surface area contributed by atoms with Crippen LogP contribution in [0.2, 0.25) is 0 Å². The van der Waals surface area contributed by atoms with Crippen molar-refractivity contribution in [2.45, 2.75) is 13.8 Å². The molecule has 0 bridgehead atoms. The molecular formula is C17H15N3S2. The highest BCUT2D eigenvalue weighted by atomic mass is 32.1. The van der Waals surface area contributed by atoms with Gasteiger partial charge in [0.15, 0.2) is 0 Å². The molecule has 0 aliphatic heterocycles. The molecule has 0 aliphatic rings. The van der Waals surface area contributed by atoms with Crippen molar-refractivity contribution in [1.82, 2.24) is 13.7 Å². The normalized spacial score (nSPS) is 10.3. The van der Waals surface area contributed by atoms with Crippen LogP contribution in [0.4, 0.5) is 0 Å². The van der Waals surface area contributed by atoms with Gasteiger partial charge in [-0.25, -0.2) is 0 Å². The molecule has 0 spiro atoms. The van der Waals surface area contributed by atoms with Crippen molar-refractivity contribution >= 4 is 34.1 Å². The third-order valence-electron chi connectivity index (χ3n) is 3.15. The second kappa shape index (κ2) is 6.77. The average molecular weight is 325 g/mol. The fourth-order valence-electron chi connectivity index (χ4n) is 2.02. The highest BCUT2D eigenvalue weighted by molar-refractivity contribution is 7.15. The van der Waals surface area contributed by atoms with Crippen LogP contribution < -0.4 is 0 Å². The van der Waals surface area contributed by atoms with Gasteiger partial charge in [-0.15, -0.1) is 11.3 Å². The van der Waals surface area contributed by atoms with Crippen LogP contribution in [-0.2, 0) is 0 Å². The first-order chi connectivity index (χ1) is 10.7. The van der Waals surface area contributed by atoms with Gasteiger partial charge in [-0.05, 0) is 49.7 Å². The summed E-state index contributed by atoms with van der Waals surface area (Å²) in [5.41, 5.74) is 4.30. The Morgan fingerprint density at radius 1 is 0.864 bits per heavy atom. The molecule has 0 fully saturated rings. The van der Waals surface area contributed by atoms with Gasteiger partial charge in [0, 0.05) is 11.1 Å². The van der Waals surface area contributed by atoms with Gasteiger partial charge in [0.2, 0.25) is 0 Å². The number of thiophene rings is 1. The Kier molecular flexibility index (Phi) is 4.56. The summed E-state index contributed by atoms with van der Waals surface area (Å²) in [7, 11) is 0. The Labute approximate surface area is 137 Å². The predicted octanol–water partition coefficient (Wildman–Crippen LogP) is 5.12. The summed E-state index contributed by atoms with van der Waals surface area (Å²) >= 11 is 3.05. The van der Waals surface area contributed by atoms with Crippen molar-refractivity contribution in [3.8, 4) is 10.6 Å². The van der Waals surface area contributed by atoms with E-state index in [0.717, 1.165) is 16.7 Å². The molecule has 3 nitrogen and oxygen atoms in total. The molecule has 4 rings (SSSR count). The molecular weight excluding hydrogens is 310 g/mol. The molecule has 0 atom stereocenters. The molecule has 0 saturated heterocycles. The zero-order chi connectivity index (χ0) is 15.4. The summed E-state index contributed by atoms with van der Waals surface area (Å²) in [5, 5.41) is 0. The number of hydrogen-bond acceptors (Lipinski definition) is 5. The van der Waals surface area contributed by atoms with Gasteiger partial charge in [0.05, 0.1) is 22.3 Å². The van der Waals surface area contributed by atoms with Crippen molar-refractivity contribution in [2.75, 3.05) is 0 Å². The number of aromatic nitrogens is 3. The lowest BCUT2D eigenvalue weighted by molar-refractivity contribution is 1.34. The summed E-state index contributed by atoms with van der Waals surface area (Å²) in [4.78, 5) is 6.85. The van der Waals surface area contributed by atoms with Crippen LogP contribution in [-0.4, -0.2) is 13.7 Å². The van der Waals surface area contributed by atoms with Gasteiger partial charge in [-0.3, -0.25) is 4.98 Å². The summed E-state index contributed by atoms with van der Waals surface area (Å²) < 4.78 is 8.26. The van der Waals surface area contributed by atoms with Crippen molar-refractivity contribution in [2.24, 2.45) is 0 Å². The summed E-state index contributed by atoms with van der Waals surface area (Å²) in [6, 6.07) is 16.2. The van der Waals surface area contributed by atoms with Crippen molar-refractivity contribution in [1.29, 1.82) is 0 Å². The van der Waals surface area contributed by atoms with E-state index in [0.29, 0.717) is 0 Å². The average Bonchev–Trinajstić information content (AvgIpc) is 3.18. The number of benzene rings is 1. The lowest BCUT2D eigenvalue weighted by atomic mass is 10.2. The quantitative estimate of drug-likeness (QED) is 0.487. The maximum atomic E-state index is 4.27. The first-order valence-electron chi connectivity index (χ1n) is 6.90. The largest absolute Gasteiger partial charge is 0.255 e. The molecule has 0 saturated carbocycles. The van der Waals surface area contributed by atoms with Crippen molar-refractivity contribution < 1.29 is 0 Å². The number of pyridine rings is 1. The first kappa shape index (κ1) is 14.8. The van der Waals surface area contributed by atoms with E-state index in [1.54, 1.807) is 11.3 Å². The fraction of sp³-hybridized carbons (Fsp3) is 0.118. The van der Waals surface area contributed by atoms with Crippen LogP contribution >= 0.6 is 23.1 Å². The minimum absolute atomic E-state index is 1.00. The zero-order valence-electron chi connectivity index (χ0n) is 12.4. The van der Waals surface area contributed by atoms with E-state index in [9.17, 15) is 0 Å². The molecule has 3 heterocycles. The van der Waals surface area contributed by atoms with Crippen molar-refractivity contribution in [3.63, 3.8) is 0 Å². The fourth-order valence-corrected chi connectivity index (χ4v) is 3.46. The standard InChI is InChI=1S/C10H9NS.C7H6N2S/c1-8-5-6-10(12-8)9-4-2-3-7-11-9;1-5-3-2-4-6-7(5)9-10-8-6/h2-7H,1H3;2-4H,1H3. The van der Waals surface area contributed by atoms with Crippen LogP contribution in [0, 0.1) is 13.8 Å². The van der Waals surface area contributed by atoms with Crippen LogP contribution in [0.1, 0.15) is 10.4 Å². The number of rotatable bonds is 1. The van der Waals surface area contributed by atoms with E-state index in [1.165, 1.54) is 27.0 Å². The lowest BCUT2D eigenvalue weighted by Crippen LogP contribution is -1.75. The number of fused-ring (bicyclic) bond motifs is 1. The van der Waals surface area contributed by atoms with E-state index >= 15 is 0 Å². The highest BCUT2D eigenvalue weighted by Gasteiger charge is 1.99. The molecule has 22 heavy (non-hydrogen) atoms. The summed E-state index contributed by atoms with van der Waals surface area (Å²) in [5.74, 6) is 0. The van der Waals surface area contributed by atoms with E-state index in [4.69, 9.17) is 0 Å². The van der Waals surface area contributed by atoms with Crippen molar-refractivity contribution in [3.05, 3.63) is 65.2 Å². The van der Waals surface area contributed by atoms with Gasteiger partial charge in [0.25, 0.3) is 0 Å². The Morgan fingerprint density at radius 3 is 2.45 bits per heavy atom. The SMILES string of the molecule is Cc1ccc(-c2ccccn2)s1.Cc1cccc2nsnc12. The third kappa shape index (κ3) is 3.37. The maximum Gasteiger partial charge on any atom is 0.107 e. The molecule has 5 heteroatoms. The molecule has 0 N–H and O–H groups in total. The topological polar surface area (TPSA) is 38.7 Å². The Hall–Kier alpha value is -2.11.